The van der Waals surface area contributed by atoms with E-state index in [-0.39, 0.29) is 0 Å². The molecule has 3 rings (SSSR count). The number of rotatable bonds is 2. The average Bonchev–Trinajstić information content (AvgIpc) is 2.85. The predicted octanol–water partition coefficient (Wildman–Crippen LogP) is 3.33. The molecule has 0 atom stereocenters. The van der Waals surface area contributed by atoms with Crippen LogP contribution in [0, 0.1) is 0 Å². The van der Waals surface area contributed by atoms with Crippen molar-refractivity contribution < 1.29 is 0 Å². The number of nitrogens with two attached hydrogens (primary N) is 1. The standard InChI is InChI=1S/C15H16N4/c1-9(2)12-8-13(19-15(16)18-12)11-5-3-4-10-6-7-17-14(10)11/h3-9,17H,1-2H3,(H2,16,18,19). The van der Waals surface area contributed by atoms with E-state index < -0.39 is 0 Å². The largest absolute Gasteiger partial charge is 0.368 e. The van der Waals surface area contributed by atoms with E-state index in [1.54, 1.807) is 0 Å². The smallest absolute Gasteiger partial charge is 0.220 e. The highest BCUT2D eigenvalue weighted by atomic mass is 15.0. The van der Waals surface area contributed by atoms with E-state index in [2.05, 4.69) is 34.9 Å². The van der Waals surface area contributed by atoms with E-state index in [0.717, 1.165) is 22.5 Å². The molecule has 0 aliphatic heterocycles. The zero-order chi connectivity index (χ0) is 13.4. The minimum Gasteiger partial charge on any atom is -0.368 e. The molecule has 0 spiro atoms. The fourth-order valence-corrected chi connectivity index (χ4v) is 2.22. The highest BCUT2D eigenvalue weighted by Crippen LogP contribution is 2.28. The Morgan fingerprint density at radius 3 is 2.79 bits per heavy atom. The summed E-state index contributed by atoms with van der Waals surface area (Å²) >= 11 is 0. The number of nitrogens with one attached hydrogen (secondary N) is 1. The van der Waals surface area contributed by atoms with Crippen molar-refractivity contribution in [3.8, 4) is 11.3 Å². The van der Waals surface area contributed by atoms with Crippen LogP contribution < -0.4 is 5.73 Å². The first-order valence-electron chi connectivity index (χ1n) is 6.36. The quantitative estimate of drug-likeness (QED) is 0.735. The fourth-order valence-electron chi connectivity index (χ4n) is 2.22. The lowest BCUT2D eigenvalue weighted by molar-refractivity contribution is 0.819. The summed E-state index contributed by atoms with van der Waals surface area (Å²) < 4.78 is 0. The number of para-hydroxylation sites is 1. The van der Waals surface area contributed by atoms with E-state index >= 15 is 0 Å². The van der Waals surface area contributed by atoms with Gasteiger partial charge in [-0.3, -0.25) is 0 Å². The highest BCUT2D eigenvalue weighted by Gasteiger charge is 2.10. The van der Waals surface area contributed by atoms with Crippen molar-refractivity contribution in [3.05, 3.63) is 42.2 Å². The second-order valence-electron chi connectivity index (χ2n) is 4.94. The summed E-state index contributed by atoms with van der Waals surface area (Å²) in [5.74, 6) is 0.650. The summed E-state index contributed by atoms with van der Waals surface area (Å²) in [6, 6.07) is 10.2. The third kappa shape index (κ3) is 2.05. The summed E-state index contributed by atoms with van der Waals surface area (Å²) in [5.41, 5.74) is 9.78. The molecule has 0 amide bonds. The van der Waals surface area contributed by atoms with E-state index in [1.165, 1.54) is 5.39 Å². The number of aromatic nitrogens is 3. The minimum absolute atomic E-state index is 0.324. The zero-order valence-corrected chi connectivity index (χ0v) is 11.0. The lowest BCUT2D eigenvalue weighted by Crippen LogP contribution is -2.02. The molecule has 4 nitrogen and oxygen atoms in total. The molecule has 2 aromatic heterocycles. The van der Waals surface area contributed by atoms with Gasteiger partial charge in [-0.05, 0) is 18.1 Å². The molecule has 0 saturated carbocycles. The molecule has 0 aliphatic rings. The predicted molar refractivity (Wildman–Crippen MR) is 77.8 cm³/mol. The normalized spacial score (nSPS) is 11.3. The van der Waals surface area contributed by atoms with Crippen molar-refractivity contribution in [2.75, 3.05) is 5.73 Å². The monoisotopic (exact) mass is 252 g/mol. The van der Waals surface area contributed by atoms with Gasteiger partial charge in [0, 0.05) is 22.8 Å². The van der Waals surface area contributed by atoms with Gasteiger partial charge in [0.15, 0.2) is 0 Å². The van der Waals surface area contributed by atoms with Crippen LogP contribution in [0.2, 0.25) is 0 Å². The molecule has 0 fully saturated rings. The minimum atomic E-state index is 0.324. The molecule has 96 valence electrons. The Hall–Kier alpha value is -2.36. The molecule has 19 heavy (non-hydrogen) atoms. The van der Waals surface area contributed by atoms with Crippen molar-refractivity contribution in [3.63, 3.8) is 0 Å². The van der Waals surface area contributed by atoms with Crippen LogP contribution in [0.1, 0.15) is 25.5 Å². The van der Waals surface area contributed by atoms with Crippen LogP contribution in [-0.4, -0.2) is 15.0 Å². The number of nitrogen functional groups attached to an aromatic ring is 1. The second-order valence-corrected chi connectivity index (χ2v) is 4.94. The van der Waals surface area contributed by atoms with Gasteiger partial charge in [0.05, 0.1) is 11.2 Å². The van der Waals surface area contributed by atoms with E-state index in [9.17, 15) is 0 Å². The third-order valence-electron chi connectivity index (χ3n) is 3.22. The molecule has 3 aromatic rings. The van der Waals surface area contributed by atoms with E-state index in [0.29, 0.717) is 11.9 Å². The number of aromatic amines is 1. The maximum atomic E-state index is 5.82. The van der Waals surface area contributed by atoms with Crippen LogP contribution in [0.4, 0.5) is 5.95 Å². The zero-order valence-electron chi connectivity index (χ0n) is 11.0. The van der Waals surface area contributed by atoms with Crippen molar-refractivity contribution in [1.29, 1.82) is 0 Å². The summed E-state index contributed by atoms with van der Waals surface area (Å²) in [5, 5.41) is 1.17. The van der Waals surface area contributed by atoms with Gasteiger partial charge in [0.2, 0.25) is 5.95 Å². The maximum absolute atomic E-state index is 5.82. The van der Waals surface area contributed by atoms with Crippen LogP contribution in [0.25, 0.3) is 22.2 Å². The summed E-state index contributed by atoms with van der Waals surface area (Å²) in [6.45, 7) is 4.20. The molecule has 4 heteroatoms. The Labute approximate surface area is 111 Å². The number of fused-ring (bicyclic) bond motifs is 1. The Morgan fingerprint density at radius 1 is 1.16 bits per heavy atom. The van der Waals surface area contributed by atoms with Gasteiger partial charge in [-0.1, -0.05) is 32.0 Å². The molecule has 0 bridgehead atoms. The highest BCUT2D eigenvalue weighted by molar-refractivity contribution is 5.93. The second kappa shape index (κ2) is 4.39. The fraction of sp³-hybridized carbons (Fsp3) is 0.200. The molecule has 3 N–H and O–H groups in total. The topological polar surface area (TPSA) is 67.6 Å². The van der Waals surface area contributed by atoms with Crippen molar-refractivity contribution >= 4 is 16.9 Å². The summed E-state index contributed by atoms with van der Waals surface area (Å²) in [6.07, 6.45) is 1.93. The Balaban J connectivity index is 2.24. The Kier molecular flexibility index (Phi) is 2.71. The van der Waals surface area contributed by atoms with Crippen LogP contribution in [-0.2, 0) is 0 Å². The lowest BCUT2D eigenvalue weighted by Gasteiger charge is -2.09. The van der Waals surface area contributed by atoms with Crippen molar-refractivity contribution in [1.82, 2.24) is 15.0 Å². The van der Waals surface area contributed by atoms with E-state index in [4.69, 9.17) is 5.73 Å². The molecular weight excluding hydrogens is 236 g/mol. The van der Waals surface area contributed by atoms with Gasteiger partial charge < -0.3 is 10.7 Å². The average molecular weight is 252 g/mol. The number of benzene rings is 1. The summed E-state index contributed by atoms with van der Waals surface area (Å²) in [4.78, 5) is 11.9. The molecule has 0 radical (unpaired) electrons. The molecule has 2 heterocycles. The number of H-pyrrole nitrogens is 1. The maximum Gasteiger partial charge on any atom is 0.220 e. The van der Waals surface area contributed by atoms with Crippen LogP contribution >= 0.6 is 0 Å². The van der Waals surface area contributed by atoms with Crippen molar-refractivity contribution in [2.24, 2.45) is 0 Å². The van der Waals surface area contributed by atoms with Crippen LogP contribution in [0.15, 0.2) is 36.5 Å². The van der Waals surface area contributed by atoms with Gasteiger partial charge in [-0.2, -0.15) is 0 Å². The third-order valence-corrected chi connectivity index (χ3v) is 3.22. The van der Waals surface area contributed by atoms with Gasteiger partial charge >= 0.3 is 0 Å². The Bertz CT molecular complexity index is 728. The molecule has 0 aliphatic carbocycles. The van der Waals surface area contributed by atoms with Gasteiger partial charge in [0.25, 0.3) is 0 Å². The number of nitrogens with zero attached hydrogens (tertiary/aromatic N) is 2. The number of hydrogen-bond donors (Lipinski definition) is 2. The number of anilines is 1. The lowest BCUT2D eigenvalue weighted by atomic mass is 10.0. The van der Waals surface area contributed by atoms with Crippen molar-refractivity contribution in [2.45, 2.75) is 19.8 Å². The molecule has 0 unspecified atom stereocenters. The van der Waals surface area contributed by atoms with Crippen LogP contribution in [0.5, 0.6) is 0 Å². The SMILES string of the molecule is CC(C)c1cc(-c2cccc3cc[nH]c23)nc(N)n1. The van der Waals surface area contributed by atoms with E-state index in [1.807, 2.05) is 30.5 Å². The molecular formula is C15H16N4. The first kappa shape index (κ1) is 11.7. The van der Waals surface area contributed by atoms with Gasteiger partial charge in [-0.25, -0.2) is 9.97 Å². The number of hydrogen-bond acceptors (Lipinski definition) is 3. The van der Waals surface area contributed by atoms with Gasteiger partial charge in [-0.15, -0.1) is 0 Å². The van der Waals surface area contributed by atoms with Crippen LogP contribution in [0.3, 0.4) is 0 Å². The Morgan fingerprint density at radius 2 is 2.00 bits per heavy atom. The summed E-state index contributed by atoms with van der Waals surface area (Å²) in [7, 11) is 0. The first-order valence-corrected chi connectivity index (χ1v) is 6.36. The molecule has 0 saturated heterocycles. The first-order chi connectivity index (χ1) is 9.15. The molecule has 1 aromatic carbocycles. The van der Waals surface area contributed by atoms with Gasteiger partial charge in [0.1, 0.15) is 0 Å².